The van der Waals surface area contributed by atoms with E-state index in [0.29, 0.717) is 0 Å². The number of likely N-dealkylation sites (N-methyl/N-ethyl adjacent to an activating group) is 1. The van der Waals surface area contributed by atoms with Crippen LogP contribution in [0.1, 0.15) is 13.8 Å². The van der Waals surface area contributed by atoms with Crippen LogP contribution in [0.15, 0.2) is 12.3 Å². The molecule has 0 bridgehead atoms. The lowest BCUT2D eigenvalue weighted by atomic mass is 10.4. The third kappa shape index (κ3) is 4.03. The van der Waals surface area contributed by atoms with Gasteiger partial charge in [0.05, 0.1) is 0 Å². The molecule has 0 saturated heterocycles. The van der Waals surface area contributed by atoms with E-state index in [-0.39, 0.29) is 0 Å². The first-order valence-electron chi connectivity index (χ1n) is 3.44. The third-order valence-corrected chi connectivity index (χ3v) is 1.39. The Labute approximate surface area is 57.3 Å². The van der Waals surface area contributed by atoms with E-state index in [2.05, 4.69) is 18.7 Å². The van der Waals surface area contributed by atoms with E-state index in [0.717, 1.165) is 19.6 Å². The fraction of sp³-hybridized carbons (Fsp3) is 0.714. The summed E-state index contributed by atoms with van der Waals surface area (Å²) in [6, 6.07) is 0. The van der Waals surface area contributed by atoms with Crippen molar-refractivity contribution in [2.24, 2.45) is 5.73 Å². The molecule has 2 nitrogen and oxygen atoms in total. The smallest absolute Gasteiger partial charge is 0.0179 e. The summed E-state index contributed by atoms with van der Waals surface area (Å²) in [6.07, 6.45) is 3.56. The number of nitrogens with two attached hydrogens (primary N) is 1. The van der Waals surface area contributed by atoms with E-state index in [1.165, 1.54) is 0 Å². The second-order valence-corrected chi connectivity index (χ2v) is 1.91. The molecule has 54 valence electrons. The first kappa shape index (κ1) is 8.50. The molecule has 0 rings (SSSR count). The van der Waals surface area contributed by atoms with Crippen LogP contribution >= 0.6 is 0 Å². The van der Waals surface area contributed by atoms with Crippen LogP contribution in [0.5, 0.6) is 0 Å². The lowest BCUT2D eigenvalue weighted by Crippen LogP contribution is -2.22. The van der Waals surface area contributed by atoms with Gasteiger partial charge in [-0.1, -0.05) is 19.9 Å². The number of hydrogen-bond donors (Lipinski definition) is 1. The van der Waals surface area contributed by atoms with Gasteiger partial charge < -0.3 is 10.6 Å². The zero-order valence-electron chi connectivity index (χ0n) is 6.30. The minimum atomic E-state index is 0.976. The Kier molecular flexibility index (Phi) is 5.32. The van der Waals surface area contributed by atoms with Crippen molar-refractivity contribution in [3.8, 4) is 0 Å². The Morgan fingerprint density at radius 2 is 1.89 bits per heavy atom. The van der Waals surface area contributed by atoms with Crippen molar-refractivity contribution in [2.45, 2.75) is 13.8 Å². The van der Waals surface area contributed by atoms with Crippen LogP contribution in [0.2, 0.25) is 0 Å². The molecule has 0 aliphatic heterocycles. The predicted molar refractivity (Wildman–Crippen MR) is 41.1 cm³/mol. The molecule has 0 heterocycles. The molecule has 2 N–H and O–H groups in total. The van der Waals surface area contributed by atoms with Gasteiger partial charge in [-0.15, -0.1) is 0 Å². The second-order valence-electron chi connectivity index (χ2n) is 1.91. The molecule has 0 spiro atoms. The van der Waals surface area contributed by atoms with E-state index in [1.807, 2.05) is 6.08 Å². The summed E-state index contributed by atoms with van der Waals surface area (Å²) in [6.45, 7) is 7.47. The van der Waals surface area contributed by atoms with Crippen molar-refractivity contribution < 1.29 is 0 Å². The lowest BCUT2D eigenvalue weighted by molar-refractivity contribution is 0.337. The molecule has 0 aromatic carbocycles. The van der Waals surface area contributed by atoms with Crippen molar-refractivity contribution in [3.63, 3.8) is 0 Å². The lowest BCUT2D eigenvalue weighted by Gasteiger charge is -2.14. The zero-order chi connectivity index (χ0) is 7.11. The third-order valence-electron chi connectivity index (χ3n) is 1.39. The van der Waals surface area contributed by atoms with Crippen molar-refractivity contribution in [3.05, 3.63) is 12.3 Å². The highest BCUT2D eigenvalue weighted by molar-refractivity contribution is 4.79. The molecule has 0 fully saturated rings. The van der Waals surface area contributed by atoms with Crippen molar-refractivity contribution in [2.75, 3.05) is 19.6 Å². The summed E-state index contributed by atoms with van der Waals surface area (Å²) in [4.78, 5) is 2.30. The van der Waals surface area contributed by atoms with E-state index in [9.17, 15) is 0 Å². The largest absolute Gasteiger partial charge is 0.405 e. The Morgan fingerprint density at radius 1 is 1.33 bits per heavy atom. The highest BCUT2D eigenvalue weighted by Crippen LogP contribution is 1.84. The summed E-state index contributed by atoms with van der Waals surface area (Å²) in [5.41, 5.74) is 5.18. The zero-order valence-corrected chi connectivity index (χ0v) is 6.30. The fourth-order valence-corrected chi connectivity index (χ4v) is 0.692. The van der Waals surface area contributed by atoms with Gasteiger partial charge in [0.2, 0.25) is 0 Å². The SMILES string of the molecule is CCN(CC)CC=CN. The van der Waals surface area contributed by atoms with E-state index in [1.54, 1.807) is 6.20 Å². The Bertz CT molecular complexity index is 75.0. The standard InChI is InChI=1S/C7H16N2/c1-3-9(4-2)7-5-6-8/h5-6H,3-4,7-8H2,1-2H3. The summed E-state index contributed by atoms with van der Waals surface area (Å²) in [7, 11) is 0. The van der Waals surface area contributed by atoms with Crippen LogP contribution in [-0.2, 0) is 0 Å². The quantitative estimate of drug-likeness (QED) is 0.607. The molecule has 0 aromatic rings. The molecule has 0 amide bonds. The molecule has 0 radical (unpaired) electrons. The van der Waals surface area contributed by atoms with Crippen LogP contribution in [0.4, 0.5) is 0 Å². The molecule has 0 unspecified atom stereocenters. The van der Waals surface area contributed by atoms with Crippen LogP contribution < -0.4 is 5.73 Å². The first-order valence-corrected chi connectivity index (χ1v) is 3.44. The van der Waals surface area contributed by atoms with Gasteiger partial charge in [-0.3, -0.25) is 0 Å². The minimum absolute atomic E-state index is 0.976. The maximum atomic E-state index is 5.18. The van der Waals surface area contributed by atoms with Crippen molar-refractivity contribution in [1.29, 1.82) is 0 Å². The summed E-state index contributed by atoms with van der Waals surface area (Å²) in [5, 5.41) is 0. The fourth-order valence-electron chi connectivity index (χ4n) is 0.692. The Morgan fingerprint density at radius 3 is 2.22 bits per heavy atom. The number of nitrogens with zero attached hydrogens (tertiary/aromatic N) is 1. The number of rotatable bonds is 4. The maximum absolute atomic E-state index is 5.18. The topological polar surface area (TPSA) is 29.3 Å². The molecule has 2 heteroatoms. The molecule has 0 saturated carbocycles. The first-order chi connectivity index (χ1) is 4.35. The average Bonchev–Trinajstić information content (AvgIpc) is 1.91. The average molecular weight is 128 g/mol. The highest BCUT2D eigenvalue weighted by atomic mass is 15.1. The van der Waals surface area contributed by atoms with Gasteiger partial charge in [-0.25, -0.2) is 0 Å². The van der Waals surface area contributed by atoms with Gasteiger partial charge in [-0.2, -0.15) is 0 Å². The highest BCUT2D eigenvalue weighted by Gasteiger charge is 1.91. The maximum Gasteiger partial charge on any atom is 0.0179 e. The molecule has 0 aliphatic rings. The molecule has 0 aliphatic carbocycles. The molecule has 0 aromatic heterocycles. The van der Waals surface area contributed by atoms with E-state index < -0.39 is 0 Å². The van der Waals surface area contributed by atoms with Gasteiger partial charge in [0.25, 0.3) is 0 Å². The van der Waals surface area contributed by atoms with Gasteiger partial charge in [0, 0.05) is 6.54 Å². The molecule has 0 atom stereocenters. The van der Waals surface area contributed by atoms with Gasteiger partial charge in [0.15, 0.2) is 0 Å². The minimum Gasteiger partial charge on any atom is -0.405 e. The summed E-state index contributed by atoms with van der Waals surface area (Å²) < 4.78 is 0. The molecular weight excluding hydrogens is 112 g/mol. The van der Waals surface area contributed by atoms with Gasteiger partial charge >= 0.3 is 0 Å². The van der Waals surface area contributed by atoms with E-state index >= 15 is 0 Å². The predicted octanol–water partition coefficient (Wildman–Crippen LogP) is 0.801. The number of hydrogen-bond acceptors (Lipinski definition) is 2. The Balaban J connectivity index is 3.31. The normalized spacial score (nSPS) is 11.4. The van der Waals surface area contributed by atoms with Crippen LogP contribution in [0.25, 0.3) is 0 Å². The second kappa shape index (κ2) is 5.63. The monoisotopic (exact) mass is 128 g/mol. The van der Waals surface area contributed by atoms with Crippen molar-refractivity contribution in [1.82, 2.24) is 4.90 Å². The van der Waals surface area contributed by atoms with Crippen LogP contribution in [0, 0.1) is 0 Å². The van der Waals surface area contributed by atoms with Crippen LogP contribution in [0.3, 0.4) is 0 Å². The van der Waals surface area contributed by atoms with E-state index in [4.69, 9.17) is 5.73 Å². The summed E-state index contributed by atoms with van der Waals surface area (Å²) >= 11 is 0. The summed E-state index contributed by atoms with van der Waals surface area (Å²) in [5.74, 6) is 0. The molecule has 9 heavy (non-hydrogen) atoms. The van der Waals surface area contributed by atoms with Crippen molar-refractivity contribution >= 4 is 0 Å². The van der Waals surface area contributed by atoms with Gasteiger partial charge in [-0.05, 0) is 19.3 Å². The van der Waals surface area contributed by atoms with Crippen LogP contribution in [-0.4, -0.2) is 24.5 Å². The molecular formula is C7H16N2. The van der Waals surface area contributed by atoms with Gasteiger partial charge in [0.1, 0.15) is 0 Å². The Hall–Kier alpha value is -0.500.